The Morgan fingerprint density at radius 3 is 2.59 bits per heavy atom. The summed E-state index contributed by atoms with van der Waals surface area (Å²) in [5.74, 6) is 3.08. The largest absolute Gasteiger partial charge is 0.493 e. The average Bonchev–Trinajstić information content (AvgIpc) is 3.28. The van der Waals surface area contributed by atoms with Crippen molar-refractivity contribution in [1.82, 2.24) is 24.6 Å². The van der Waals surface area contributed by atoms with Gasteiger partial charge in [-0.15, -0.1) is 10.2 Å². The van der Waals surface area contributed by atoms with Crippen molar-refractivity contribution >= 4 is 5.91 Å². The third-order valence-electron chi connectivity index (χ3n) is 6.52. The lowest BCUT2D eigenvalue weighted by Gasteiger charge is -2.44. The van der Waals surface area contributed by atoms with Gasteiger partial charge < -0.3 is 18.9 Å². The van der Waals surface area contributed by atoms with Crippen LogP contribution in [0.5, 0.6) is 11.5 Å². The summed E-state index contributed by atoms with van der Waals surface area (Å²) in [6.45, 7) is 0.465. The number of amides is 1. The van der Waals surface area contributed by atoms with Gasteiger partial charge in [-0.1, -0.05) is 18.9 Å². The Morgan fingerprint density at radius 2 is 1.84 bits per heavy atom. The van der Waals surface area contributed by atoms with Gasteiger partial charge in [0.25, 0.3) is 0 Å². The summed E-state index contributed by atoms with van der Waals surface area (Å²) >= 11 is 0. The van der Waals surface area contributed by atoms with E-state index in [9.17, 15) is 4.79 Å². The van der Waals surface area contributed by atoms with Gasteiger partial charge in [0.15, 0.2) is 23.1 Å². The molecule has 2 unspecified atom stereocenters. The number of methoxy groups -OCH3 is 2. The van der Waals surface area contributed by atoms with Gasteiger partial charge in [-0.05, 0) is 43.2 Å². The summed E-state index contributed by atoms with van der Waals surface area (Å²) in [5, 5.41) is 9.03. The molecule has 3 aromatic rings. The number of hydrogen-bond donors (Lipinski definition) is 0. The van der Waals surface area contributed by atoms with Crippen LogP contribution in [0.2, 0.25) is 0 Å². The SMILES string of the molecule is COc1ccc(-c2nnc3n2C2CCCCC2N(C(=O)Cc2ccccn2)C3)cc1OC. The first-order valence-corrected chi connectivity index (χ1v) is 11.0. The van der Waals surface area contributed by atoms with Crippen LogP contribution < -0.4 is 9.47 Å². The molecule has 0 N–H and O–H groups in total. The highest BCUT2D eigenvalue weighted by atomic mass is 16.5. The predicted molar refractivity (Wildman–Crippen MR) is 118 cm³/mol. The van der Waals surface area contributed by atoms with Crippen LogP contribution in [0.15, 0.2) is 42.6 Å². The molecule has 0 saturated heterocycles. The second-order valence-corrected chi connectivity index (χ2v) is 8.32. The van der Waals surface area contributed by atoms with Crippen LogP contribution in [0.25, 0.3) is 11.4 Å². The van der Waals surface area contributed by atoms with Crippen LogP contribution >= 0.6 is 0 Å². The zero-order valence-corrected chi connectivity index (χ0v) is 18.4. The minimum atomic E-state index is 0.0996. The third-order valence-corrected chi connectivity index (χ3v) is 6.52. The van der Waals surface area contributed by atoms with Crippen molar-refractivity contribution in [2.75, 3.05) is 14.2 Å². The van der Waals surface area contributed by atoms with Crippen molar-refractivity contribution in [3.05, 3.63) is 54.1 Å². The molecule has 2 aromatic heterocycles. The molecule has 1 aromatic carbocycles. The van der Waals surface area contributed by atoms with Crippen molar-refractivity contribution in [3.63, 3.8) is 0 Å². The van der Waals surface area contributed by atoms with Crippen LogP contribution in [0.4, 0.5) is 0 Å². The molecular formula is C24H27N5O3. The zero-order chi connectivity index (χ0) is 22.1. The zero-order valence-electron chi connectivity index (χ0n) is 18.4. The molecule has 1 saturated carbocycles. The Balaban J connectivity index is 1.49. The first kappa shape index (κ1) is 20.5. The monoisotopic (exact) mass is 433 g/mol. The Kier molecular flexibility index (Phi) is 5.51. The van der Waals surface area contributed by atoms with Gasteiger partial charge >= 0.3 is 0 Å². The average molecular weight is 434 g/mol. The number of aromatic nitrogens is 4. The molecule has 5 rings (SSSR count). The maximum Gasteiger partial charge on any atom is 0.229 e. The van der Waals surface area contributed by atoms with E-state index in [1.807, 2.05) is 41.3 Å². The first-order valence-electron chi connectivity index (χ1n) is 11.0. The minimum Gasteiger partial charge on any atom is -0.493 e. The molecule has 1 aliphatic carbocycles. The van der Waals surface area contributed by atoms with E-state index < -0.39 is 0 Å². The summed E-state index contributed by atoms with van der Waals surface area (Å²) < 4.78 is 13.1. The van der Waals surface area contributed by atoms with Gasteiger partial charge in [0.2, 0.25) is 5.91 Å². The molecule has 166 valence electrons. The number of rotatable bonds is 5. The molecule has 1 aliphatic heterocycles. The number of fused-ring (bicyclic) bond motifs is 3. The lowest BCUT2D eigenvalue weighted by atomic mass is 9.86. The van der Waals surface area contributed by atoms with Crippen LogP contribution in [0, 0.1) is 0 Å². The molecule has 0 radical (unpaired) electrons. The Bertz CT molecular complexity index is 1110. The normalized spacial score (nSPS) is 19.8. The van der Waals surface area contributed by atoms with Crippen LogP contribution in [0.1, 0.15) is 43.2 Å². The van der Waals surface area contributed by atoms with Gasteiger partial charge in [-0.2, -0.15) is 0 Å². The topological polar surface area (TPSA) is 82.4 Å². The van der Waals surface area contributed by atoms with Gasteiger partial charge in [0.05, 0.1) is 39.3 Å². The van der Waals surface area contributed by atoms with E-state index in [2.05, 4.69) is 19.7 Å². The van der Waals surface area contributed by atoms with E-state index in [-0.39, 0.29) is 18.0 Å². The summed E-state index contributed by atoms with van der Waals surface area (Å²) in [4.78, 5) is 19.6. The molecule has 2 aliphatic rings. The van der Waals surface area contributed by atoms with Crippen LogP contribution in [-0.2, 0) is 17.8 Å². The van der Waals surface area contributed by atoms with E-state index in [0.29, 0.717) is 24.5 Å². The van der Waals surface area contributed by atoms with Crippen molar-refractivity contribution in [3.8, 4) is 22.9 Å². The maximum atomic E-state index is 13.3. The number of benzene rings is 1. The lowest BCUT2D eigenvalue weighted by Crippen LogP contribution is -2.51. The minimum absolute atomic E-state index is 0.0996. The van der Waals surface area contributed by atoms with E-state index in [1.54, 1.807) is 20.4 Å². The highest BCUT2D eigenvalue weighted by molar-refractivity contribution is 5.79. The Labute approximate surface area is 187 Å². The number of carbonyl (C=O) groups excluding carboxylic acids is 1. The van der Waals surface area contributed by atoms with Crippen molar-refractivity contribution in [2.24, 2.45) is 0 Å². The summed E-state index contributed by atoms with van der Waals surface area (Å²) in [5.41, 5.74) is 1.72. The molecule has 0 bridgehead atoms. The number of hydrogen-bond acceptors (Lipinski definition) is 6. The lowest BCUT2D eigenvalue weighted by molar-refractivity contribution is -0.137. The second kappa shape index (κ2) is 8.61. The number of nitrogens with zero attached hydrogens (tertiary/aromatic N) is 5. The first-order chi connectivity index (χ1) is 15.7. The van der Waals surface area contributed by atoms with E-state index >= 15 is 0 Å². The highest BCUT2D eigenvalue weighted by Gasteiger charge is 2.41. The van der Waals surface area contributed by atoms with E-state index in [4.69, 9.17) is 9.47 Å². The summed E-state index contributed by atoms with van der Waals surface area (Å²) in [6, 6.07) is 11.8. The molecule has 8 nitrogen and oxygen atoms in total. The Hall–Kier alpha value is -3.42. The number of pyridine rings is 1. The van der Waals surface area contributed by atoms with Crippen molar-refractivity contribution in [2.45, 2.75) is 50.7 Å². The predicted octanol–water partition coefficient (Wildman–Crippen LogP) is 3.43. The van der Waals surface area contributed by atoms with E-state index in [0.717, 1.165) is 48.6 Å². The fourth-order valence-electron chi connectivity index (χ4n) is 5.01. The van der Waals surface area contributed by atoms with E-state index in [1.165, 1.54) is 0 Å². The van der Waals surface area contributed by atoms with Gasteiger partial charge in [-0.25, -0.2) is 0 Å². The quantitative estimate of drug-likeness (QED) is 0.613. The number of ether oxygens (including phenoxy) is 2. The molecule has 8 heteroatoms. The van der Waals surface area contributed by atoms with Gasteiger partial charge in [0.1, 0.15) is 0 Å². The second-order valence-electron chi connectivity index (χ2n) is 8.32. The fraction of sp³-hybridized carbons (Fsp3) is 0.417. The molecular weight excluding hydrogens is 406 g/mol. The molecule has 2 atom stereocenters. The number of carbonyl (C=O) groups is 1. The summed E-state index contributed by atoms with van der Waals surface area (Å²) in [7, 11) is 3.25. The van der Waals surface area contributed by atoms with Crippen LogP contribution in [-0.4, -0.2) is 50.8 Å². The van der Waals surface area contributed by atoms with Gasteiger partial charge in [0, 0.05) is 17.5 Å². The molecule has 1 fully saturated rings. The van der Waals surface area contributed by atoms with Crippen molar-refractivity contribution in [1.29, 1.82) is 0 Å². The smallest absolute Gasteiger partial charge is 0.229 e. The highest BCUT2D eigenvalue weighted by Crippen LogP contribution is 2.41. The Morgan fingerprint density at radius 1 is 1.03 bits per heavy atom. The maximum absolute atomic E-state index is 13.3. The standard InChI is InChI=1S/C24H27N5O3/c1-31-20-11-10-16(13-21(20)32-2)24-27-26-22-15-28(18-8-3-4-9-19(18)29(22)24)23(30)14-17-7-5-6-12-25-17/h5-7,10-13,18-19H,3-4,8-9,14-15H2,1-2H3. The fourth-order valence-corrected chi connectivity index (χ4v) is 5.01. The molecule has 1 amide bonds. The molecule has 32 heavy (non-hydrogen) atoms. The summed E-state index contributed by atoms with van der Waals surface area (Å²) in [6.07, 6.45) is 6.28. The van der Waals surface area contributed by atoms with Crippen LogP contribution in [0.3, 0.4) is 0 Å². The third kappa shape index (κ3) is 3.59. The molecule has 3 heterocycles. The van der Waals surface area contributed by atoms with Crippen molar-refractivity contribution < 1.29 is 14.3 Å². The van der Waals surface area contributed by atoms with Gasteiger partial charge in [-0.3, -0.25) is 9.78 Å². The molecule has 0 spiro atoms.